The van der Waals surface area contributed by atoms with E-state index < -0.39 is 0 Å². The van der Waals surface area contributed by atoms with Gasteiger partial charge in [0, 0.05) is 13.2 Å². The van der Waals surface area contributed by atoms with Crippen LogP contribution in [0.5, 0.6) is 0 Å². The highest BCUT2D eigenvalue weighted by Gasteiger charge is 2.13. The van der Waals surface area contributed by atoms with Gasteiger partial charge in [-0.2, -0.15) is 10.2 Å². The molecule has 0 saturated carbocycles. The predicted molar refractivity (Wildman–Crippen MR) is 77.9 cm³/mol. The number of hydrogen-bond acceptors (Lipinski definition) is 5. The van der Waals surface area contributed by atoms with Crippen molar-refractivity contribution in [3.63, 3.8) is 0 Å². The molecule has 6 nitrogen and oxygen atoms in total. The maximum absolute atomic E-state index is 5.77. The highest BCUT2D eigenvalue weighted by Crippen LogP contribution is 2.18. The van der Waals surface area contributed by atoms with Gasteiger partial charge in [-0.15, -0.1) is 5.10 Å². The Bertz CT molecular complexity index is 619. The van der Waals surface area contributed by atoms with Gasteiger partial charge in [0.1, 0.15) is 4.99 Å². The molecule has 2 aromatic rings. The standard InChI is InChI=1S/C12H16N6S/c1-7-8(2)16-17-12(10(7)11(13)19)14-6-9-4-5-15-18(9)3/h4-5H,6H2,1-3H3,(H2,13,19)(H,14,17). The minimum Gasteiger partial charge on any atom is -0.389 e. The Balaban J connectivity index is 2.28. The zero-order chi connectivity index (χ0) is 14.0. The first-order chi connectivity index (χ1) is 9.00. The normalized spacial score (nSPS) is 10.5. The molecular formula is C12H16N6S. The Morgan fingerprint density at radius 2 is 2.16 bits per heavy atom. The second-order valence-corrected chi connectivity index (χ2v) is 4.74. The molecule has 2 rings (SSSR count). The summed E-state index contributed by atoms with van der Waals surface area (Å²) in [4.78, 5) is 0.322. The lowest BCUT2D eigenvalue weighted by atomic mass is 10.1. The molecule has 7 heteroatoms. The van der Waals surface area contributed by atoms with Crippen LogP contribution in [-0.4, -0.2) is 25.0 Å². The van der Waals surface area contributed by atoms with Crippen LogP contribution in [0.1, 0.15) is 22.5 Å². The molecule has 0 fully saturated rings. The monoisotopic (exact) mass is 276 g/mol. The van der Waals surface area contributed by atoms with E-state index in [-0.39, 0.29) is 0 Å². The van der Waals surface area contributed by atoms with Crippen molar-refractivity contribution in [1.29, 1.82) is 0 Å². The first kappa shape index (κ1) is 13.4. The lowest BCUT2D eigenvalue weighted by Gasteiger charge is -2.13. The van der Waals surface area contributed by atoms with Crippen LogP contribution in [0.4, 0.5) is 5.82 Å². The highest BCUT2D eigenvalue weighted by atomic mass is 32.1. The first-order valence-electron chi connectivity index (χ1n) is 5.85. The van der Waals surface area contributed by atoms with Crippen LogP contribution >= 0.6 is 12.2 Å². The first-order valence-corrected chi connectivity index (χ1v) is 6.26. The zero-order valence-electron chi connectivity index (χ0n) is 11.1. The van der Waals surface area contributed by atoms with E-state index >= 15 is 0 Å². The van der Waals surface area contributed by atoms with Gasteiger partial charge in [-0.1, -0.05) is 12.2 Å². The Morgan fingerprint density at radius 3 is 2.74 bits per heavy atom. The molecule has 0 spiro atoms. The van der Waals surface area contributed by atoms with Crippen molar-refractivity contribution in [2.75, 3.05) is 5.32 Å². The fraction of sp³-hybridized carbons (Fsp3) is 0.333. The number of rotatable bonds is 4. The summed E-state index contributed by atoms with van der Waals surface area (Å²) in [7, 11) is 1.89. The molecule has 3 N–H and O–H groups in total. The zero-order valence-corrected chi connectivity index (χ0v) is 12.0. The maximum Gasteiger partial charge on any atom is 0.159 e. The van der Waals surface area contributed by atoms with Crippen LogP contribution in [0.3, 0.4) is 0 Å². The third kappa shape index (κ3) is 2.70. The van der Waals surface area contributed by atoms with Crippen molar-refractivity contribution in [1.82, 2.24) is 20.0 Å². The van der Waals surface area contributed by atoms with Gasteiger partial charge < -0.3 is 11.1 Å². The molecule has 0 amide bonds. The van der Waals surface area contributed by atoms with Crippen LogP contribution in [-0.2, 0) is 13.6 Å². The van der Waals surface area contributed by atoms with E-state index in [0.717, 1.165) is 22.5 Å². The van der Waals surface area contributed by atoms with Crippen LogP contribution < -0.4 is 11.1 Å². The minimum absolute atomic E-state index is 0.322. The topological polar surface area (TPSA) is 81.7 Å². The number of hydrogen-bond donors (Lipinski definition) is 2. The molecule has 0 saturated heterocycles. The molecule has 2 aromatic heterocycles. The third-order valence-corrected chi connectivity index (χ3v) is 3.26. The van der Waals surface area contributed by atoms with Crippen molar-refractivity contribution >= 4 is 23.0 Å². The van der Waals surface area contributed by atoms with Gasteiger partial charge in [0.15, 0.2) is 5.82 Å². The van der Waals surface area contributed by atoms with E-state index in [1.165, 1.54) is 0 Å². The number of anilines is 1. The van der Waals surface area contributed by atoms with Crippen molar-refractivity contribution in [2.45, 2.75) is 20.4 Å². The Hall–Kier alpha value is -2.02. The summed E-state index contributed by atoms with van der Waals surface area (Å²) in [6.07, 6.45) is 1.75. The van der Waals surface area contributed by atoms with Crippen LogP contribution in [0.15, 0.2) is 12.3 Å². The number of thiocarbonyl (C=S) groups is 1. The number of nitrogens with two attached hydrogens (primary N) is 1. The lowest BCUT2D eigenvalue weighted by molar-refractivity contribution is 0.719. The van der Waals surface area contributed by atoms with Crippen molar-refractivity contribution in [3.8, 4) is 0 Å². The minimum atomic E-state index is 0.322. The van der Waals surface area contributed by atoms with E-state index in [9.17, 15) is 0 Å². The Kier molecular flexibility index (Phi) is 3.75. The average Bonchev–Trinajstić information content (AvgIpc) is 2.76. The highest BCUT2D eigenvalue weighted by molar-refractivity contribution is 7.80. The van der Waals surface area contributed by atoms with Crippen LogP contribution in [0, 0.1) is 13.8 Å². The molecule has 0 aliphatic heterocycles. The largest absolute Gasteiger partial charge is 0.389 e. The van der Waals surface area contributed by atoms with Crippen LogP contribution in [0.2, 0.25) is 0 Å². The number of aryl methyl sites for hydroxylation is 2. The van der Waals surface area contributed by atoms with Gasteiger partial charge >= 0.3 is 0 Å². The summed E-state index contributed by atoms with van der Waals surface area (Å²) in [6.45, 7) is 4.41. The molecule has 2 heterocycles. The smallest absolute Gasteiger partial charge is 0.159 e. The summed E-state index contributed by atoms with van der Waals surface area (Å²) in [5, 5.41) is 15.5. The summed E-state index contributed by atoms with van der Waals surface area (Å²) in [6, 6.07) is 1.93. The second kappa shape index (κ2) is 5.31. The second-order valence-electron chi connectivity index (χ2n) is 4.30. The molecule has 0 aliphatic rings. The molecule has 0 radical (unpaired) electrons. The molecule has 0 aliphatic carbocycles. The molecule has 19 heavy (non-hydrogen) atoms. The van der Waals surface area contributed by atoms with Crippen molar-refractivity contribution in [2.24, 2.45) is 12.8 Å². The molecular weight excluding hydrogens is 260 g/mol. The lowest BCUT2D eigenvalue weighted by Crippen LogP contribution is -2.18. The molecule has 100 valence electrons. The number of aromatic nitrogens is 4. The summed E-state index contributed by atoms with van der Waals surface area (Å²) < 4.78 is 1.79. The van der Waals surface area contributed by atoms with E-state index in [2.05, 4.69) is 20.6 Å². The fourth-order valence-electron chi connectivity index (χ4n) is 1.78. The van der Waals surface area contributed by atoms with Gasteiger partial charge in [-0.3, -0.25) is 4.68 Å². The van der Waals surface area contributed by atoms with Gasteiger partial charge in [-0.05, 0) is 25.5 Å². The number of nitrogens with one attached hydrogen (secondary N) is 1. The van der Waals surface area contributed by atoms with Gasteiger partial charge in [0.25, 0.3) is 0 Å². The summed E-state index contributed by atoms with van der Waals surface area (Å²) >= 11 is 5.09. The Labute approximate surface area is 117 Å². The van der Waals surface area contributed by atoms with Crippen molar-refractivity contribution < 1.29 is 0 Å². The number of nitrogens with zero attached hydrogens (tertiary/aromatic N) is 4. The van der Waals surface area contributed by atoms with E-state index in [1.807, 2.05) is 27.0 Å². The average molecular weight is 276 g/mol. The SMILES string of the molecule is Cc1nnc(NCc2ccnn2C)c(C(N)=S)c1C. The predicted octanol–water partition coefficient (Wildman–Crippen LogP) is 1.07. The summed E-state index contributed by atoms with van der Waals surface area (Å²) in [5.41, 5.74) is 9.34. The molecule has 0 atom stereocenters. The van der Waals surface area contributed by atoms with Gasteiger partial charge in [0.2, 0.25) is 0 Å². The third-order valence-electron chi connectivity index (χ3n) is 3.06. The van der Waals surface area contributed by atoms with E-state index in [0.29, 0.717) is 17.4 Å². The van der Waals surface area contributed by atoms with Crippen molar-refractivity contribution in [3.05, 3.63) is 34.8 Å². The van der Waals surface area contributed by atoms with E-state index in [4.69, 9.17) is 18.0 Å². The quantitative estimate of drug-likeness (QED) is 0.813. The van der Waals surface area contributed by atoms with Gasteiger partial charge in [-0.25, -0.2) is 0 Å². The Morgan fingerprint density at radius 1 is 1.42 bits per heavy atom. The van der Waals surface area contributed by atoms with E-state index in [1.54, 1.807) is 10.9 Å². The van der Waals surface area contributed by atoms with Gasteiger partial charge in [0.05, 0.1) is 23.5 Å². The molecule has 0 aromatic carbocycles. The molecule has 0 unspecified atom stereocenters. The molecule has 0 bridgehead atoms. The van der Waals surface area contributed by atoms with Crippen LogP contribution in [0.25, 0.3) is 0 Å². The maximum atomic E-state index is 5.77. The summed E-state index contributed by atoms with van der Waals surface area (Å²) in [5.74, 6) is 0.608. The fourth-order valence-corrected chi connectivity index (χ4v) is 2.03.